The summed E-state index contributed by atoms with van der Waals surface area (Å²) in [5.74, 6) is 0. The van der Waals surface area contributed by atoms with E-state index in [1.165, 1.54) is 32.5 Å². The van der Waals surface area contributed by atoms with Crippen LogP contribution in [0.5, 0.6) is 0 Å². The van der Waals surface area contributed by atoms with Crippen LogP contribution >= 0.6 is 11.8 Å². The maximum Gasteiger partial charge on any atom is 0.162 e. The Morgan fingerprint density at radius 1 is 0.444 bits per heavy atom. The van der Waals surface area contributed by atoms with Crippen LogP contribution in [-0.2, 0) is 0 Å². The molecule has 1 aliphatic rings. The van der Waals surface area contributed by atoms with E-state index in [1.807, 2.05) is 11.8 Å². The van der Waals surface area contributed by atoms with E-state index in [4.69, 9.17) is 0 Å². The minimum atomic E-state index is 0. The Morgan fingerprint density at radius 2 is 0.815 bits per heavy atom. The molecule has 4 aromatic rings. The van der Waals surface area contributed by atoms with Crippen molar-refractivity contribution in [2.24, 2.45) is 0 Å². The zero-order chi connectivity index (χ0) is 17.4. The van der Waals surface area contributed by atoms with Crippen molar-refractivity contribution in [1.82, 2.24) is 4.48 Å². The van der Waals surface area contributed by atoms with Crippen LogP contribution in [0.4, 0.5) is 22.7 Å². The zero-order valence-corrected chi connectivity index (χ0v) is 17.6. The van der Waals surface area contributed by atoms with Crippen LogP contribution in [0.3, 0.4) is 0 Å². The fourth-order valence-corrected chi connectivity index (χ4v) is 5.05. The van der Waals surface area contributed by atoms with Crippen molar-refractivity contribution in [3.05, 3.63) is 109 Å². The van der Waals surface area contributed by atoms with Crippen LogP contribution in [0.1, 0.15) is 0 Å². The summed E-state index contributed by atoms with van der Waals surface area (Å²) in [7, 11) is 0. The molecule has 3 heteroatoms. The summed E-state index contributed by atoms with van der Waals surface area (Å²) in [4.78, 5) is 2.61. The number of benzene rings is 4. The molecule has 0 amide bonds. The normalized spacial score (nSPS) is 13.8. The summed E-state index contributed by atoms with van der Waals surface area (Å²) in [6.45, 7) is 0. The number of quaternary nitrogens is 1. The lowest BCUT2D eigenvalue weighted by Gasteiger charge is -2.41. The summed E-state index contributed by atoms with van der Waals surface area (Å²) in [6, 6.07) is 39.2. The highest BCUT2D eigenvalue weighted by molar-refractivity contribution is 7.99. The average molecular weight is 479 g/mol. The molecule has 0 bridgehead atoms. The highest BCUT2D eigenvalue weighted by Crippen LogP contribution is 2.60. The molecule has 1 aliphatic heterocycles. The van der Waals surface area contributed by atoms with Crippen LogP contribution in [-0.4, -0.2) is 0 Å². The van der Waals surface area contributed by atoms with E-state index >= 15 is 0 Å². The summed E-state index contributed by atoms with van der Waals surface area (Å²) in [5.41, 5.74) is 5.10. The third kappa shape index (κ3) is 2.81. The van der Waals surface area contributed by atoms with Gasteiger partial charge in [0.05, 0.1) is 9.79 Å². The molecule has 0 saturated heterocycles. The predicted octanol–water partition coefficient (Wildman–Crippen LogP) is 4.46. The van der Waals surface area contributed by atoms with Gasteiger partial charge in [0.2, 0.25) is 0 Å². The lowest BCUT2D eigenvalue weighted by atomic mass is 10.1. The molecular weight excluding hydrogens is 461 g/mol. The molecule has 0 radical (unpaired) electrons. The fraction of sp³-hybridized carbons (Fsp3) is 0. The molecule has 0 aliphatic carbocycles. The molecule has 0 spiro atoms. The van der Waals surface area contributed by atoms with Crippen molar-refractivity contribution in [1.29, 1.82) is 0 Å². The number of hydrogen-bond acceptors (Lipinski definition) is 1. The first kappa shape index (κ1) is 18.3. The second-order valence-corrected chi connectivity index (χ2v) is 7.46. The molecule has 0 N–H and O–H groups in total. The fourth-order valence-electron chi connectivity index (χ4n) is 3.90. The Hall–Kier alpha value is -2.08. The predicted molar refractivity (Wildman–Crippen MR) is 111 cm³/mol. The van der Waals surface area contributed by atoms with Gasteiger partial charge in [0.25, 0.3) is 0 Å². The van der Waals surface area contributed by atoms with Gasteiger partial charge >= 0.3 is 0 Å². The van der Waals surface area contributed by atoms with Crippen LogP contribution < -0.4 is 28.5 Å². The summed E-state index contributed by atoms with van der Waals surface area (Å²) in [6.07, 6.45) is 0. The lowest BCUT2D eigenvalue weighted by Crippen LogP contribution is -3.00. The van der Waals surface area contributed by atoms with Gasteiger partial charge in [0.15, 0.2) is 11.4 Å². The van der Waals surface area contributed by atoms with E-state index in [-0.39, 0.29) is 24.0 Å². The molecule has 1 heterocycles. The second-order valence-electron chi connectivity index (χ2n) is 6.38. The Kier molecular flexibility index (Phi) is 5.08. The third-order valence-electron chi connectivity index (χ3n) is 4.96. The summed E-state index contributed by atoms with van der Waals surface area (Å²) < 4.78 is 0.612. The minimum Gasteiger partial charge on any atom is -1.00 e. The van der Waals surface area contributed by atoms with E-state index < -0.39 is 0 Å². The molecule has 27 heavy (non-hydrogen) atoms. The Morgan fingerprint density at radius 3 is 1.26 bits per heavy atom. The number of nitrogens with zero attached hydrogens (tertiary/aromatic N) is 1. The molecule has 132 valence electrons. The second kappa shape index (κ2) is 7.50. The topological polar surface area (TPSA) is 0 Å². The molecule has 0 atom stereocenters. The van der Waals surface area contributed by atoms with Gasteiger partial charge in [-0.15, -0.1) is 0 Å². The van der Waals surface area contributed by atoms with E-state index in [0.717, 1.165) is 0 Å². The van der Waals surface area contributed by atoms with Gasteiger partial charge in [-0.25, -0.2) is 0 Å². The van der Waals surface area contributed by atoms with E-state index in [2.05, 4.69) is 109 Å². The standard InChI is InChI=1S/C24H18NS.HI/c1-3-11-19(12-4-1)25(20-13-5-2-6-14-20)21-15-7-9-17-23(21)26-24-18-10-8-16-22(24)25;/h1-18H;1H/q+1;/p-1. The molecule has 0 fully saturated rings. The third-order valence-corrected chi connectivity index (χ3v) is 6.09. The van der Waals surface area contributed by atoms with E-state index in [9.17, 15) is 0 Å². The van der Waals surface area contributed by atoms with Crippen molar-refractivity contribution in [3.8, 4) is 0 Å². The Labute approximate surface area is 181 Å². The number of rotatable bonds is 2. The van der Waals surface area contributed by atoms with Crippen molar-refractivity contribution in [3.63, 3.8) is 0 Å². The van der Waals surface area contributed by atoms with Gasteiger partial charge in [0, 0.05) is 36.4 Å². The monoisotopic (exact) mass is 479 g/mol. The molecular formula is C24H18INS. The van der Waals surface area contributed by atoms with Crippen LogP contribution in [0.25, 0.3) is 0 Å². The van der Waals surface area contributed by atoms with Crippen molar-refractivity contribution < 1.29 is 24.0 Å². The first-order valence-corrected chi connectivity index (χ1v) is 9.60. The summed E-state index contributed by atoms with van der Waals surface area (Å²) >= 11 is 1.86. The SMILES string of the molecule is [I-].c1ccc([N+]2(c3ccccc3)c3ccccc3Sc3ccccc32)cc1. The van der Waals surface area contributed by atoms with Gasteiger partial charge in [-0.3, -0.25) is 0 Å². The maximum absolute atomic E-state index is 2.26. The Balaban J connectivity index is 0.00000180. The average Bonchev–Trinajstić information content (AvgIpc) is 2.73. The van der Waals surface area contributed by atoms with Gasteiger partial charge < -0.3 is 24.0 Å². The smallest absolute Gasteiger partial charge is 0.162 e. The Bertz CT molecular complexity index is 977. The van der Waals surface area contributed by atoms with E-state index in [0.29, 0.717) is 4.48 Å². The van der Waals surface area contributed by atoms with Gasteiger partial charge in [-0.2, -0.15) is 4.48 Å². The highest BCUT2D eigenvalue weighted by atomic mass is 127. The largest absolute Gasteiger partial charge is 1.00 e. The molecule has 0 saturated carbocycles. The van der Waals surface area contributed by atoms with Crippen LogP contribution in [0.15, 0.2) is 119 Å². The molecule has 0 aromatic heterocycles. The molecule has 0 unspecified atom stereocenters. The van der Waals surface area contributed by atoms with Crippen molar-refractivity contribution in [2.75, 3.05) is 0 Å². The highest BCUT2D eigenvalue weighted by Gasteiger charge is 2.45. The molecule has 4 aromatic carbocycles. The van der Waals surface area contributed by atoms with Crippen molar-refractivity contribution in [2.45, 2.75) is 9.79 Å². The first-order valence-electron chi connectivity index (χ1n) is 8.78. The van der Waals surface area contributed by atoms with Gasteiger partial charge in [-0.05, 0) is 12.1 Å². The van der Waals surface area contributed by atoms with Gasteiger partial charge in [-0.1, -0.05) is 72.4 Å². The van der Waals surface area contributed by atoms with Crippen LogP contribution in [0.2, 0.25) is 0 Å². The molecule has 5 rings (SSSR count). The first-order chi connectivity index (χ1) is 12.9. The number of hydrogen-bond donors (Lipinski definition) is 0. The lowest BCUT2D eigenvalue weighted by molar-refractivity contribution is -0.00000494. The quantitative estimate of drug-likeness (QED) is 0.266. The van der Waals surface area contributed by atoms with Gasteiger partial charge in [0.1, 0.15) is 11.4 Å². The van der Waals surface area contributed by atoms with E-state index in [1.54, 1.807) is 0 Å². The summed E-state index contributed by atoms with van der Waals surface area (Å²) in [5, 5.41) is 0. The van der Waals surface area contributed by atoms with Crippen LogP contribution in [0, 0.1) is 0 Å². The number of para-hydroxylation sites is 4. The molecule has 1 nitrogen and oxygen atoms in total. The minimum absolute atomic E-state index is 0. The zero-order valence-electron chi connectivity index (χ0n) is 14.6. The maximum atomic E-state index is 2.26. The number of fused-ring (bicyclic) bond motifs is 2. The number of halogens is 1. The van der Waals surface area contributed by atoms with Crippen molar-refractivity contribution >= 4 is 34.5 Å².